The van der Waals surface area contributed by atoms with Crippen LogP contribution in [0.25, 0.3) is 10.8 Å². The lowest BCUT2D eigenvalue weighted by Crippen LogP contribution is -2.33. The van der Waals surface area contributed by atoms with Gasteiger partial charge in [0.05, 0.1) is 5.25 Å². The normalized spacial score (nSPS) is 20.6. The summed E-state index contributed by atoms with van der Waals surface area (Å²) >= 11 is 0. The van der Waals surface area contributed by atoms with Crippen molar-refractivity contribution in [3.63, 3.8) is 0 Å². The van der Waals surface area contributed by atoms with Crippen LogP contribution in [0.5, 0.6) is 23.0 Å². The Kier molecular flexibility index (Phi) is 9.45. The zero-order valence-electron chi connectivity index (χ0n) is 22.0. The lowest BCUT2D eigenvalue weighted by molar-refractivity contribution is 0.183. The van der Waals surface area contributed by atoms with Gasteiger partial charge in [-0.05, 0) is 111 Å². The zero-order chi connectivity index (χ0) is 25.8. The number of ether oxygens (including phenoxy) is 2. The molecule has 38 heavy (non-hydrogen) atoms. The molecule has 0 atom stereocenters. The average Bonchev–Trinajstić information content (AvgIpc) is 2.90. The van der Waals surface area contributed by atoms with E-state index < -0.39 is 9.84 Å². The molecule has 2 fully saturated rings. The summed E-state index contributed by atoms with van der Waals surface area (Å²) < 4.78 is 36.6. The molecule has 0 bridgehead atoms. The third-order valence-corrected chi connectivity index (χ3v) is 9.55. The van der Waals surface area contributed by atoms with Gasteiger partial charge in [0.15, 0.2) is 0 Å². The fourth-order valence-electron chi connectivity index (χ4n) is 5.74. The van der Waals surface area contributed by atoms with Crippen LogP contribution in [-0.4, -0.2) is 56.2 Å². The summed E-state index contributed by atoms with van der Waals surface area (Å²) in [4.78, 5) is 2.46. The van der Waals surface area contributed by atoms with Crippen molar-refractivity contribution in [3.8, 4) is 23.0 Å². The second-order valence-corrected chi connectivity index (χ2v) is 12.8. The molecule has 1 saturated heterocycles. The van der Waals surface area contributed by atoms with E-state index in [0.29, 0.717) is 19.4 Å². The minimum absolute atomic E-state index is 0. The Morgan fingerprint density at radius 2 is 1.58 bits per heavy atom. The Labute approximate surface area is 232 Å². The summed E-state index contributed by atoms with van der Waals surface area (Å²) in [6, 6.07) is 17.1. The van der Waals surface area contributed by atoms with E-state index in [2.05, 4.69) is 11.0 Å². The van der Waals surface area contributed by atoms with E-state index >= 15 is 0 Å². The molecule has 5 rings (SSSR count). The maximum atomic E-state index is 12.1. The van der Waals surface area contributed by atoms with E-state index in [-0.39, 0.29) is 29.3 Å². The van der Waals surface area contributed by atoms with E-state index in [1.54, 1.807) is 12.1 Å². The van der Waals surface area contributed by atoms with Crippen molar-refractivity contribution in [3.05, 3.63) is 60.2 Å². The first-order valence-electron chi connectivity index (χ1n) is 13.4. The standard InChI is InChI=1S/C30H37NO5S.ClH/c1-37(33,34)27-13-5-22(6-14-27)28-15-7-23-21-24(32)8-16-29(23)30(28)36-26-11-9-25(10-12-26)35-20-19-31-17-3-2-4-18-31;/h7-12,15-16,21-22,27,32H,2-6,13-14,17-20H2,1H3;1H/t22-,27-;. The average molecular weight is 560 g/mol. The van der Waals surface area contributed by atoms with Crippen LogP contribution >= 0.6 is 12.4 Å². The Morgan fingerprint density at radius 3 is 2.26 bits per heavy atom. The number of fused-ring (bicyclic) bond motifs is 1. The van der Waals surface area contributed by atoms with Crippen LogP contribution < -0.4 is 9.47 Å². The van der Waals surface area contributed by atoms with Gasteiger partial charge in [0, 0.05) is 18.2 Å². The van der Waals surface area contributed by atoms with Gasteiger partial charge in [-0.2, -0.15) is 0 Å². The van der Waals surface area contributed by atoms with E-state index in [0.717, 1.165) is 66.1 Å². The van der Waals surface area contributed by atoms with Crippen molar-refractivity contribution in [2.45, 2.75) is 56.1 Å². The third kappa shape index (κ3) is 6.93. The lowest BCUT2D eigenvalue weighted by atomic mass is 9.82. The fourth-order valence-corrected chi connectivity index (χ4v) is 6.87. The van der Waals surface area contributed by atoms with Crippen LogP contribution in [0.1, 0.15) is 56.4 Å². The number of hydrogen-bond donors (Lipinski definition) is 1. The van der Waals surface area contributed by atoms with Crippen LogP contribution in [0, 0.1) is 0 Å². The molecule has 2 aliphatic rings. The summed E-state index contributed by atoms with van der Waals surface area (Å²) in [6.07, 6.45) is 8.18. The zero-order valence-corrected chi connectivity index (χ0v) is 23.6. The minimum atomic E-state index is -3.02. The van der Waals surface area contributed by atoms with Crippen LogP contribution in [0.15, 0.2) is 54.6 Å². The molecule has 206 valence electrons. The SMILES string of the molecule is CS(=O)(=O)[C@H]1CC[C@H](c2ccc3cc(O)ccc3c2Oc2ccc(OCCN3CCCCC3)cc2)CC1.Cl. The van der Waals surface area contributed by atoms with Crippen LogP contribution in [0.3, 0.4) is 0 Å². The molecule has 3 aromatic rings. The largest absolute Gasteiger partial charge is 0.508 e. The van der Waals surface area contributed by atoms with Crippen molar-refractivity contribution < 1.29 is 23.0 Å². The van der Waals surface area contributed by atoms with E-state index in [4.69, 9.17) is 9.47 Å². The van der Waals surface area contributed by atoms with Gasteiger partial charge in [-0.1, -0.05) is 18.6 Å². The molecule has 1 aliphatic heterocycles. The monoisotopic (exact) mass is 559 g/mol. The van der Waals surface area contributed by atoms with Gasteiger partial charge in [-0.25, -0.2) is 8.42 Å². The Hall–Kier alpha value is -2.48. The molecule has 0 amide bonds. The number of benzene rings is 3. The van der Waals surface area contributed by atoms with Gasteiger partial charge in [0.2, 0.25) is 0 Å². The molecule has 1 saturated carbocycles. The first-order valence-corrected chi connectivity index (χ1v) is 15.4. The van der Waals surface area contributed by atoms with Crippen LogP contribution in [0.2, 0.25) is 0 Å². The third-order valence-electron chi connectivity index (χ3n) is 7.87. The number of phenolic OH excluding ortho intramolecular Hbond substituents is 1. The molecule has 1 aliphatic carbocycles. The number of halogens is 1. The van der Waals surface area contributed by atoms with Crippen molar-refractivity contribution in [1.29, 1.82) is 0 Å². The number of piperidine rings is 1. The van der Waals surface area contributed by atoms with Crippen LogP contribution in [-0.2, 0) is 9.84 Å². The summed E-state index contributed by atoms with van der Waals surface area (Å²) in [5, 5.41) is 11.6. The molecule has 0 radical (unpaired) electrons. The maximum Gasteiger partial charge on any atom is 0.150 e. The first kappa shape index (κ1) is 28.5. The predicted molar refractivity (Wildman–Crippen MR) is 155 cm³/mol. The minimum Gasteiger partial charge on any atom is -0.508 e. The van der Waals surface area contributed by atoms with Crippen LogP contribution in [0.4, 0.5) is 0 Å². The Bertz CT molecular complexity index is 1310. The molecular formula is C30H38ClNO5S. The van der Waals surface area contributed by atoms with Crippen molar-refractivity contribution in [2.75, 3.05) is 32.5 Å². The summed E-state index contributed by atoms with van der Waals surface area (Å²) in [6.45, 7) is 3.95. The molecule has 3 aromatic carbocycles. The summed E-state index contributed by atoms with van der Waals surface area (Å²) in [5.74, 6) is 2.76. The van der Waals surface area contributed by atoms with Gasteiger partial charge in [0.25, 0.3) is 0 Å². The van der Waals surface area contributed by atoms with Gasteiger partial charge in [-0.15, -0.1) is 12.4 Å². The lowest BCUT2D eigenvalue weighted by Gasteiger charge is -2.29. The number of nitrogens with zero attached hydrogens (tertiary/aromatic N) is 1. The molecule has 1 heterocycles. The Morgan fingerprint density at radius 1 is 0.895 bits per heavy atom. The molecule has 1 N–H and O–H groups in total. The van der Waals surface area contributed by atoms with E-state index in [1.165, 1.54) is 25.5 Å². The molecule has 0 unspecified atom stereocenters. The van der Waals surface area contributed by atoms with Crippen molar-refractivity contribution in [2.24, 2.45) is 0 Å². The number of rotatable bonds is 8. The van der Waals surface area contributed by atoms with E-state index in [1.807, 2.05) is 36.4 Å². The smallest absolute Gasteiger partial charge is 0.150 e. The highest BCUT2D eigenvalue weighted by molar-refractivity contribution is 7.91. The number of hydrogen-bond acceptors (Lipinski definition) is 6. The Balaban J connectivity index is 0.00000336. The first-order chi connectivity index (χ1) is 17.9. The maximum absolute atomic E-state index is 12.1. The second kappa shape index (κ2) is 12.6. The fraction of sp³-hybridized carbons (Fsp3) is 0.467. The van der Waals surface area contributed by atoms with Gasteiger partial charge in [-0.3, -0.25) is 4.90 Å². The molecular weight excluding hydrogens is 522 g/mol. The summed E-state index contributed by atoms with van der Waals surface area (Å²) in [5.41, 5.74) is 1.09. The molecule has 6 nitrogen and oxygen atoms in total. The molecule has 0 aromatic heterocycles. The highest BCUT2D eigenvalue weighted by Crippen LogP contribution is 2.44. The quantitative estimate of drug-likeness (QED) is 0.331. The summed E-state index contributed by atoms with van der Waals surface area (Å²) in [7, 11) is -3.02. The van der Waals surface area contributed by atoms with Crippen molar-refractivity contribution >= 4 is 33.0 Å². The predicted octanol–water partition coefficient (Wildman–Crippen LogP) is 6.70. The van der Waals surface area contributed by atoms with Crippen molar-refractivity contribution in [1.82, 2.24) is 4.90 Å². The number of phenols is 1. The van der Waals surface area contributed by atoms with Gasteiger partial charge in [0.1, 0.15) is 39.4 Å². The van der Waals surface area contributed by atoms with E-state index in [9.17, 15) is 13.5 Å². The molecule has 8 heteroatoms. The molecule has 0 spiro atoms. The number of aromatic hydroxyl groups is 1. The highest BCUT2D eigenvalue weighted by Gasteiger charge is 2.30. The number of sulfone groups is 1. The highest BCUT2D eigenvalue weighted by atomic mass is 35.5. The topological polar surface area (TPSA) is 76.1 Å². The van der Waals surface area contributed by atoms with Gasteiger partial charge < -0.3 is 14.6 Å². The second-order valence-electron chi connectivity index (χ2n) is 10.5. The van der Waals surface area contributed by atoms with Gasteiger partial charge >= 0.3 is 0 Å². The number of likely N-dealkylation sites (tertiary alicyclic amines) is 1.